The molecule has 0 unspecified atom stereocenters. The lowest BCUT2D eigenvalue weighted by Crippen LogP contribution is -2.06. The minimum absolute atomic E-state index is 0.152. The molecule has 1 heterocycles. The Labute approximate surface area is 86.7 Å². The average Bonchev–Trinajstić information content (AvgIpc) is 2.67. The first-order valence-corrected chi connectivity index (χ1v) is 4.73. The first-order chi connectivity index (χ1) is 7.20. The Morgan fingerprint density at radius 1 is 1.27 bits per heavy atom. The smallest absolute Gasteiger partial charge is 0.159 e. The summed E-state index contributed by atoms with van der Waals surface area (Å²) in [6.45, 7) is 3.92. The Morgan fingerprint density at radius 2 is 2.00 bits per heavy atom. The second-order valence-corrected chi connectivity index (χ2v) is 3.55. The number of benzene rings is 1. The molecule has 1 aromatic carbocycles. The van der Waals surface area contributed by atoms with Gasteiger partial charge in [-0.05, 0) is 22.6 Å². The maximum Gasteiger partial charge on any atom is 0.159 e. The summed E-state index contributed by atoms with van der Waals surface area (Å²) in [6, 6.07) is 6.43. The van der Waals surface area contributed by atoms with Crippen molar-refractivity contribution in [1.29, 1.82) is 0 Å². The second kappa shape index (κ2) is 3.76. The van der Waals surface area contributed by atoms with Crippen LogP contribution in [0.5, 0.6) is 0 Å². The van der Waals surface area contributed by atoms with E-state index in [1.165, 1.54) is 10.7 Å². The maximum absolute atomic E-state index is 13.5. The lowest BCUT2D eigenvalue weighted by Gasteiger charge is -2.06. The van der Waals surface area contributed by atoms with Gasteiger partial charge < -0.3 is 0 Å². The van der Waals surface area contributed by atoms with Crippen LogP contribution in [-0.4, -0.2) is 20.2 Å². The summed E-state index contributed by atoms with van der Waals surface area (Å²) in [6.07, 6.45) is 0. The van der Waals surface area contributed by atoms with Gasteiger partial charge in [0, 0.05) is 5.92 Å². The molecule has 0 aliphatic carbocycles. The van der Waals surface area contributed by atoms with Crippen molar-refractivity contribution in [2.45, 2.75) is 19.8 Å². The monoisotopic (exact) mass is 206 g/mol. The number of para-hydroxylation sites is 1. The third-order valence-corrected chi connectivity index (χ3v) is 2.09. The molecular formula is C10H11FN4. The van der Waals surface area contributed by atoms with E-state index in [1.807, 2.05) is 13.8 Å². The summed E-state index contributed by atoms with van der Waals surface area (Å²) in [5.41, 5.74) is 0.381. The van der Waals surface area contributed by atoms with Crippen LogP contribution in [0.15, 0.2) is 24.3 Å². The number of hydrogen-bond donors (Lipinski definition) is 0. The quantitative estimate of drug-likeness (QED) is 0.754. The molecule has 1 aromatic heterocycles. The maximum atomic E-state index is 13.5. The summed E-state index contributed by atoms with van der Waals surface area (Å²) in [5.74, 6) is 0.478. The van der Waals surface area contributed by atoms with E-state index in [1.54, 1.807) is 18.2 Å². The Hall–Kier alpha value is -1.78. The zero-order chi connectivity index (χ0) is 10.8. The summed E-state index contributed by atoms with van der Waals surface area (Å²) >= 11 is 0. The number of tetrazole rings is 1. The minimum Gasteiger partial charge on any atom is -0.205 e. The van der Waals surface area contributed by atoms with Crippen molar-refractivity contribution in [1.82, 2.24) is 20.2 Å². The van der Waals surface area contributed by atoms with Crippen LogP contribution in [0.2, 0.25) is 0 Å². The third-order valence-electron chi connectivity index (χ3n) is 2.09. The normalized spacial score (nSPS) is 10.9. The van der Waals surface area contributed by atoms with Crippen LogP contribution in [0.3, 0.4) is 0 Å². The van der Waals surface area contributed by atoms with Gasteiger partial charge in [0.05, 0.1) is 0 Å². The minimum atomic E-state index is -0.327. The highest BCUT2D eigenvalue weighted by Crippen LogP contribution is 2.17. The standard InChI is InChI=1S/C10H11FN4/c1-7(2)10-12-13-14-15(10)9-6-4-3-5-8(9)11/h3-7H,1-2H3. The van der Waals surface area contributed by atoms with E-state index in [0.717, 1.165) is 0 Å². The van der Waals surface area contributed by atoms with Gasteiger partial charge in [-0.25, -0.2) is 4.39 Å². The average molecular weight is 206 g/mol. The topological polar surface area (TPSA) is 43.6 Å². The number of halogens is 1. The zero-order valence-corrected chi connectivity index (χ0v) is 8.55. The van der Waals surface area contributed by atoms with Gasteiger partial charge in [0.2, 0.25) is 0 Å². The molecule has 0 bridgehead atoms. The number of hydrogen-bond acceptors (Lipinski definition) is 3. The van der Waals surface area contributed by atoms with Gasteiger partial charge in [-0.3, -0.25) is 0 Å². The van der Waals surface area contributed by atoms with E-state index in [-0.39, 0.29) is 11.7 Å². The van der Waals surface area contributed by atoms with E-state index in [0.29, 0.717) is 11.5 Å². The molecular weight excluding hydrogens is 195 g/mol. The fraction of sp³-hybridized carbons (Fsp3) is 0.300. The molecule has 15 heavy (non-hydrogen) atoms. The highest BCUT2D eigenvalue weighted by Gasteiger charge is 2.13. The Morgan fingerprint density at radius 3 is 2.67 bits per heavy atom. The molecule has 2 aromatic rings. The number of aromatic nitrogens is 4. The molecule has 4 nitrogen and oxygen atoms in total. The van der Waals surface area contributed by atoms with Crippen LogP contribution < -0.4 is 0 Å². The largest absolute Gasteiger partial charge is 0.205 e. The van der Waals surface area contributed by atoms with Crippen LogP contribution in [0, 0.1) is 5.82 Å². The lowest BCUT2D eigenvalue weighted by molar-refractivity contribution is 0.597. The Kier molecular flexibility index (Phi) is 2.45. The predicted molar refractivity (Wildman–Crippen MR) is 53.2 cm³/mol. The molecule has 0 aliphatic heterocycles. The molecule has 0 fully saturated rings. The van der Waals surface area contributed by atoms with E-state index >= 15 is 0 Å². The van der Waals surface area contributed by atoms with E-state index in [4.69, 9.17) is 0 Å². The molecule has 0 saturated heterocycles. The molecule has 5 heteroatoms. The molecule has 0 radical (unpaired) electrons. The lowest BCUT2D eigenvalue weighted by atomic mass is 10.2. The molecule has 0 spiro atoms. The summed E-state index contributed by atoms with van der Waals surface area (Å²) in [5, 5.41) is 11.2. The fourth-order valence-electron chi connectivity index (χ4n) is 1.35. The molecule has 0 amide bonds. The zero-order valence-electron chi connectivity index (χ0n) is 8.55. The second-order valence-electron chi connectivity index (χ2n) is 3.55. The molecule has 0 aliphatic rings. The Bertz CT molecular complexity index is 464. The van der Waals surface area contributed by atoms with Gasteiger partial charge in [0.25, 0.3) is 0 Å². The third kappa shape index (κ3) is 1.72. The van der Waals surface area contributed by atoms with Crippen molar-refractivity contribution in [2.75, 3.05) is 0 Å². The van der Waals surface area contributed by atoms with Crippen LogP contribution in [0.4, 0.5) is 4.39 Å². The molecule has 78 valence electrons. The summed E-state index contributed by atoms with van der Waals surface area (Å²) in [4.78, 5) is 0. The fourth-order valence-corrected chi connectivity index (χ4v) is 1.35. The molecule has 2 rings (SSSR count). The van der Waals surface area contributed by atoms with Gasteiger partial charge in [-0.15, -0.1) is 5.10 Å². The first kappa shape index (κ1) is 9.76. The van der Waals surface area contributed by atoms with E-state index in [2.05, 4.69) is 15.5 Å². The number of nitrogens with zero attached hydrogens (tertiary/aromatic N) is 4. The summed E-state index contributed by atoms with van der Waals surface area (Å²) < 4.78 is 14.9. The van der Waals surface area contributed by atoms with Crippen LogP contribution in [-0.2, 0) is 0 Å². The highest BCUT2D eigenvalue weighted by molar-refractivity contribution is 5.32. The van der Waals surface area contributed by atoms with Crippen molar-refractivity contribution in [3.05, 3.63) is 35.9 Å². The molecule has 0 N–H and O–H groups in total. The van der Waals surface area contributed by atoms with Crippen LogP contribution in [0.25, 0.3) is 5.69 Å². The van der Waals surface area contributed by atoms with Gasteiger partial charge >= 0.3 is 0 Å². The van der Waals surface area contributed by atoms with Crippen molar-refractivity contribution < 1.29 is 4.39 Å². The predicted octanol–water partition coefficient (Wildman–Crippen LogP) is 1.92. The van der Waals surface area contributed by atoms with Crippen molar-refractivity contribution in [2.24, 2.45) is 0 Å². The van der Waals surface area contributed by atoms with Crippen molar-refractivity contribution >= 4 is 0 Å². The van der Waals surface area contributed by atoms with Crippen molar-refractivity contribution in [3.8, 4) is 5.69 Å². The number of rotatable bonds is 2. The van der Waals surface area contributed by atoms with Gasteiger partial charge in [0.1, 0.15) is 11.5 Å². The highest BCUT2D eigenvalue weighted by atomic mass is 19.1. The van der Waals surface area contributed by atoms with Gasteiger partial charge in [-0.2, -0.15) is 4.68 Å². The van der Waals surface area contributed by atoms with E-state index in [9.17, 15) is 4.39 Å². The Balaban J connectivity index is 2.55. The van der Waals surface area contributed by atoms with Crippen LogP contribution >= 0.6 is 0 Å². The van der Waals surface area contributed by atoms with E-state index < -0.39 is 0 Å². The summed E-state index contributed by atoms with van der Waals surface area (Å²) in [7, 11) is 0. The van der Waals surface area contributed by atoms with Crippen molar-refractivity contribution in [3.63, 3.8) is 0 Å². The van der Waals surface area contributed by atoms with Gasteiger partial charge in [-0.1, -0.05) is 26.0 Å². The molecule has 0 atom stereocenters. The van der Waals surface area contributed by atoms with Crippen LogP contribution in [0.1, 0.15) is 25.6 Å². The van der Waals surface area contributed by atoms with Gasteiger partial charge in [0.15, 0.2) is 5.82 Å². The first-order valence-electron chi connectivity index (χ1n) is 4.73. The SMILES string of the molecule is CC(C)c1nnnn1-c1ccccc1F. The molecule has 0 saturated carbocycles.